The maximum absolute atomic E-state index is 13.1. The molecule has 0 aliphatic rings. The Balaban J connectivity index is 5.22. The molecule has 0 radical (unpaired) electrons. The molecular weight excluding hydrogens is 1290 g/mol. The van der Waals surface area contributed by atoms with E-state index in [4.69, 9.17) is 37.0 Å². The molecule has 0 saturated heterocycles. The van der Waals surface area contributed by atoms with Gasteiger partial charge in [-0.1, -0.05) is 357 Å². The highest BCUT2D eigenvalue weighted by Crippen LogP contribution is 2.45. The predicted molar refractivity (Wildman–Crippen MR) is 404 cm³/mol. The van der Waals surface area contributed by atoms with Gasteiger partial charge in [0.2, 0.25) is 0 Å². The summed E-state index contributed by atoms with van der Waals surface area (Å²) >= 11 is 0. The van der Waals surface area contributed by atoms with Gasteiger partial charge < -0.3 is 33.8 Å². The lowest BCUT2D eigenvalue weighted by atomic mass is 9.99. The molecule has 0 fully saturated rings. The van der Waals surface area contributed by atoms with Gasteiger partial charge in [0.05, 0.1) is 26.4 Å². The van der Waals surface area contributed by atoms with Crippen molar-refractivity contribution in [1.29, 1.82) is 0 Å². The van der Waals surface area contributed by atoms with Crippen molar-refractivity contribution in [2.24, 2.45) is 23.7 Å². The van der Waals surface area contributed by atoms with Crippen LogP contribution in [0, 0.1) is 23.7 Å². The lowest BCUT2D eigenvalue weighted by Gasteiger charge is -2.21. The van der Waals surface area contributed by atoms with Gasteiger partial charge in [-0.2, -0.15) is 0 Å². The highest BCUT2D eigenvalue weighted by Gasteiger charge is 2.30. The van der Waals surface area contributed by atoms with Gasteiger partial charge in [0.25, 0.3) is 0 Å². The van der Waals surface area contributed by atoms with Crippen LogP contribution in [0.25, 0.3) is 0 Å². The van der Waals surface area contributed by atoms with E-state index in [-0.39, 0.29) is 25.7 Å². The van der Waals surface area contributed by atoms with Crippen LogP contribution in [-0.2, 0) is 65.4 Å². The molecule has 99 heavy (non-hydrogen) atoms. The Kier molecular flexibility index (Phi) is 67.8. The predicted octanol–water partition coefficient (Wildman–Crippen LogP) is 23.6. The third-order valence-electron chi connectivity index (χ3n) is 18.9. The Labute approximate surface area is 607 Å². The van der Waals surface area contributed by atoms with E-state index in [1.165, 1.54) is 205 Å². The van der Waals surface area contributed by atoms with Crippen molar-refractivity contribution in [2.45, 2.75) is 427 Å². The molecule has 4 unspecified atom stereocenters. The van der Waals surface area contributed by atoms with Crippen molar-refractivity contribution in [3.63, 3.8) is 0 Å². The van der Waals surface area contributed by atoms with E-state index in [0.717, 1.165) is 114 Å². The zero-order valence-corrected chi connectivity index (χ0v) is 66.9. The maximum atomic E-state index is 13.1. The normalized spacial score (nSPS) is 14.3. The van der Waals surface area contributed by atoms with E-state index in [9.17, 15) is 43.2 Å². The van der Waals surface area contributed by atoms with E-state index in [1.807, 2.05) is 0 Å². The van der Waals surface area contributed by atoms with Gasteiger partial charge in [0.1, 0.15) is 19.3 Å². The Bertz CT molecular complexity index is 1940. The summed E-state index contributed by atoms with van der Waals surface area (Å²) in [4.78, 5) is 72.9. The smallest absolute Gasteiger partial charge is 0.462 e. The molecule has 0 aromatic heterocycles. The molecule has 0 aromatic rings. The van der Waals surface area contributed by atoms with Gasteiger partial charge in [-0.05, 0) is 49.4 Å². The number of phosphoric acid groups is 2. The summed E-state index contributed by atoms with van der Waals surface area (Å²) < 4.78 is 68.7. The molecule has 6 atom stereocenters. The van der Waals surface area contributed by atoms with E-state index < -0.39 is 97.5 Å². The first-order valence-electron chi connectivity index (χ1n) is 41.2. The van der Waals surface area contributed by atoms with Crippen molar-refractivity contribution in [3.05, 3.63) is 0 Å². The van der Waals surface area contributed by atoms with E-state index >= 15 is 0 Å². The number of aliphatic hydroxyl groups is 1. The molecule has 0 saturated carbocycles. The number of esters is 4. The van der Waals surface area contributed by atoms with Gasteiger partial charge >= 0.3 is 39.5 Å². The molecule has 0 aliphatic carbocycles. The number of hydrogen-bond donors (Lipinski definition) is 3. The zero-order valence-electron chi connectivity index (χ0n) is 65.1. The summed E-state index contributed by atoms with van der Waals surface area (Å²) in [6.45, 7) is 14.2. The molecule has 0 amide bonds. The first-order chi connectivity index (χ1) is 47.6. The lowest BCUT2D eigenvalue weighted by molar-refractivity contribution is -0.161. The molecule has 3 N–H and O–H groups in total. The van der Waals surface area contributed by atoms with Crippen molar-refractivity contribution >= 4 is 39.5 Å². The standard InChI is InChI=1S/C80H156O17P2/c1-9-73(8)59-51-43-34-28-24-25-29-35-44-52-60-77(82)90-66-75(96-79(84)62-55-47-37-31-23-19-15-14-17-21-27-33-41-49-57-71(4)5)68-94-98(86,87)92-64-74(81)65-93-99(88,89)95-69-76(67-91-78(83)61-53-45-39-38-42-50-58-72(6)7)97-80(85)63-54-46-36-30-22-18-13-11-10-12-16-20-26-32-40-48-56-70(2)3/h70-76,81H,9-69H2,1-8H3,(H,86,87)(H,88,89)/t73?,74?,75-,76-/m1/s1. The highest BCUT2D eigenvalue weighted by molar-refractivity contribution is 7.47. The molecule has 19 heteroatoms. The zero-order chi connectivity index (χ0) is 73.1. The van der Waals surface area contributed by atoms with Crippen molar-refractivity contribution in [2.75, 3.05) is 39.6 Å². The summed E-state index contributed by atoms with van der Waals surface area (Å²) in [6, 6.07) is 0. The minimum Gasteiger partial charge on any atom is -0.462 e. The van der Waals surface area contributed by atoms with Crippen LogP contribution in [0.2, 0.25) is 0 Å². The van der Waals surface area contributed by atoms with Crippen molar-refractivity contribution in [1.82, 2.24) is 0 Å². The molecule has 588 valence electrons. The number of phosphoric ester groups is 2. The van der Waals surface area contributed by atoms with Crippen LogP contribution in [0.4, 0.5) is 0 Å². The monoisotopic (exact) mass is 1450 g/mol. The van der Waals surface area contributed by atoms with Crippen LogP contribution in [0.5, 0.6) is 0 Å². The molecule has 0 rings (SSSR count). The molecule has 17 nitrogen and oxygen atoms in total. The molecule has 0 bridgehead atoms. The molecule has 0 aromatic carbocycles. The van der Waals surface area contributed by atoms with Crippen LogP contribution < -0.4 is 0 Å². The third kappa shape index (κ3) is 72.8. The van der Waals surface area contributed by atoms with Gasteiger partial charge in [-0.25, -0.2) is 9.13 Å². The fourth-order valence-corrected chi connectivity index (χ4v) is 13.8. The second kappa shape index (κ2) is 69.1. The van der Waals surface area contributed by atoms with E-state index in [2.05, 4.69) is 55.4 Å². The summed E-state index contributed by atoms with van der Waals surface area (Å²) in [7, 11) is -9.92. The van der Waals surface area contributed by atoms with Crippen LogP contribution in [0.3, 0.4) is 0 Å². The quantitative estimate of drug-likeness (QED) is 0.0222. The summed E-state index contributed by atoms with van der Waals surface area (Å²) in [5.41, 5.74) is 0. The van der Waals surface area contributed by atoms with Gasteiger partial charge in [-0.15, -0.1) is 0 Å². The second-order valence-electron chi connectivity index (χ2n) is 30.5. The van der Waals surface area contributed by atoms with Gasteiger partial charge in [0, 0.05) is 25.7 Å². The van der Waals surface area contributed by atoms with Crippen molar-refractivity contribution < 1.29 is 80.2 Å². The number of unbranched alkanes of at least 4 members (excludes halogenated alkanes) is 42. The minimum atomic E-state index is -4.96. The Hall–Kier alpha value is -1.94. The number of rotatable bonds is 77. The summed E-state index contributed by atoms with van der Waals surface area (Å²) in [5.74, 6) is 0.976. The number of aliphatic hydroxyl groups excluding tert-OH is 1. The highest BCUT2D eigenvalue weighted by atomic mass is 31.2. The average molecular weight is 1450 g/mol. The van der Waals surface area contributed by atoms with Crippen LogP contribution in [0.15, 0.2) is 0 Å². The Morgan fingerprint density at radius 2 is 0.485 bits per heavy atom. The largest absolute Gasteiger partial charge is 0.472 e. The fourth-order valence-electron chi connectivity index (χ4n) is 12.2. The van der Waals surface area contributed by atoms with Gasteiger partial charge in [-0.3, -0.25) is 37.3 Å². The summed E-state index contributed by atoms with van der Waals surface area (Å²) in [6.07, 6.45) is 55.6. The number of ether oxygens (including phenoxy) is 4. The maximum Gasteiger partial charge on any atom is 0.472 e. The third-order valence-corrected chi connectivity index (χ3v) is 20.8. The van der Waals surface area contributed by atoms with E-state index in [1.54, 1.807) is 0 Å². The van der Waals surface area contributed by atoms with Crippen LogP contribution in [-0.4, -0.2) is 96.7 Å². The molecule has 0 spiro atoms. The first kappa shape index (κ1) is 97.1. The van der Waals surface area contributed by atoms with E-state index in [0.29, 0.717) is 31.6 Å². The van der Waals surface area contributed by atoms with Gasteiger partial charge in [0.15, 0.2) is 12.2 Å². The molecule has 0 heterocycles. The minimum absolute atomic E-state index is 0.106. The molecule has 0 aliphatic heterocycles. The summed E-state index contributed by atoms with van der Waals surface area (Å²) in [5, 5.41) is 10.6. The Morgan fingerprint density at radius 1 is 0.283 bits per heavy atom. The van der Waals surface area contributed by atoms with Crippen LogP contribution >= 0.6 is 15.6 Å². The lowest BCUT2D eigenvalue weighted by Crippen LogP contribution is -2.30. The first-order valence-corrected chi connectivity index (χ1v) is 44.2. The number of hydrogen-bond acceptors (Lipinski definition) is 15. The number of carbonyl (C=O) groups is 4. The second-order valence-corrected chi connectivity index (χ2v) is 33.4. The van der Waals surface area contributed by atoms with Crippen LogP contribution in [0.1, 0.15) is 409 Å². The van der Waals surface area contributed by atoms with Crippen molar-refractivity contribution in [3.8, 4) is 0 Å². The number of carbonyl (C=O) groups excluding carboxylic acids is 4. The Morgan fingerprint density at radius 3 is 0.717 bits per heavy atom. The SMILES string of the molecule is CCC(C)CCCCCCCCCCCCC(=O)OC[C@H](COP(=O)(O)OCC(O)COP(=O)(O)OC[C@@H](COC(=O)CCCCCCCCC(C)C)OC(=O)CCCCCCCCCCCCCCCCCCC(C)C)OC(=O)CCCCCCCCCCCCCCCCC(C)C. The topological polar surface area (TPSA) is 237 Å². The fraction of sp³-hybridized carbons (Fsp3) is 0.950. The average Bonchev–Trinajstić information content (AvgIpc) is 0.994. The molecular formula is C80H156O17P2.